The average molecular weight is 536 g/mol. The highest BCUT2D eigenvalue weighted by Crippen LogP contribution is 2.34. The third-order valence-corrected chi connectivity index (χ3v) is 4.67. The Labute approximate surface area is 181 Å². The fourth-order valence-electron chi connectivity index (χ4n) is 2.44. The van der Waals surface area contributed by atoms with E-state index in [9.17, 15) is 22.4 Å². The first-order chi connectivity index (χ1) is 13.6. The number of carbonyl (C=O) groups is 1. The molecule has 0 aliphatic heterocycles. The first-order valence-electron chi connectivity index (χ1n) is 8.04. The van der Waals surface area contributed by atoms with Crippen molar-refractivity contribution in [1.82, 2.24) is 0 Å². The van der Waals surface area contributed by atoms with Crippen molar-refractivity contribution in [3.8, 4) is 11.5 Å². The maximum Gasteiger partial charge on any atom is 0.416 e. The maximum atomic E-state index is 13.8. The van der Waals surface area contributed by atoms with Crippen molar-refractivity contribution in [2.45, 2.75) is 6.18 Å². The molecule has 0 atom stereocenters. The molecule has 0 spiro atoms. The SMILES string of the molecule is O=C(Nc1ccc(Oc2cc(I)cc(C(F)(F)F)c2)cc1)c1c(F)cccc1Cl. The van der Waals surface area contributed by atoms with E-state index >= 15 is 0 Å². The number of carbonyl (C=O) groups excluding carboxylic acids is 1. The predicted molar refractivity (Wildman–Crippen MR) is 110 cm³/mol. The Hall–Kier alpha value is -2.33. The summed E-state index contributed by atoms with van der Waals surface area (Å²) in [6.07, 6.45) is -4.48. The van der Waals surface area contributed by atoms with Crippen LogP contribution in [0, 0.1) is 9.39 Å². The number of alkyl halides is 3. The van der Waals surface area contributed by atoms with Crippen LogP contribution in [-0.2, 0) is 6.18 Å². The van der Waals surface area contributed by atoms with E-state index in [1.165, 1.54) is 42.5 Å². The molecule has 0 unspecified atom stereocenters. The smallest absolute Gasteiger partial charge is 0.416 e. The molecule has 0 radical (unpaired) electrons. The number of hydrogen-bond donors (Lipinski definition) is 1. The second kappa shape index (κ2) is 8.58. The highest BCUT2D eigenvalue weighted by atomic mass is 127. The van der Waals surface area contributed by atoms with E-state index in [2.05, 4.69) is 5.32 Å². The van der Waals surface area contributed by atoms with Crippen LogP contribution in [0.3, 0.4) is 0 Å². The second-order valence-corrected chi connectivity index (χ2v) is 7.50. The zero-order valence-corrected chi connectivity index (χ0v) is 17.3. The first-order valence-corrected chi connectivity index (χ1v) is 9.50. The molecule has 3 nitrogen and oxygen atoms in total. The number of hydrogen-bond acceptors (Lipinski definition) is 2. The molecule has 3 aromatic carbocycles. The van der Waals surface area contributed by atoms with Gasteiger partial charge in [-0.05, 0) is 77.2 Å². The molecule has 0 saturated heterocycles. The van der Waals surface area contributed by atoms with Gasteiger partial charge < -0.3 is 10.1 Å². The van der Waals surface area contributed by atoms with Gasteiger partial charge in [0, 0.05) is 9.26 Å². The van der Waals surface area contributed by atoms with E-state index in [1.54, 1.807) is 22.6 Å². The summed E-state index contributed by atoms with van der Waals surface area (Å²) in [6, 6.07) is 13.2. The van der Waals surface area contributed by atoms with Crippen LogP contribution in [0.5, 0.6) is 11.5 Å². The highest BCUT2D eigenvalue weighted by molar-refractivity contribution is 14.1. The number of amides is 1. The van der Waals surface area contributed by atoms with Crippen molar-refractivity contribution in [3.05, 3.63) is 86.2 Å². The zero-order chi connectivity index (χ0) is 21.2. The van der Waals surface area contributed by atoms with Crippen molar-refractivity contribution >= 4 is 45.8 Å². The van der Waals surface area contributed by atoms with Crippen molar-refractivity contribution in [2.75, 3.05) is 5.32 Å². The standard InChI is InChI=1S/C20H11ClF4INO2/c21-16-2-1-3-17(22)18(16)19(28)27-13-4-6-14(7-5-13)29-15-9-11(20(23,24)25)8-12(26)10-15/h1-10H,(H,27,28). The second-order valence-electron chi connectivity index (χ2n) is 5.85. The highest BCUT2D eigenvalue weighted by Gasteiger charge is 2.31. The lowest BCUT2D eigenvalue weighted by atomic mass is 10.2. The van der Waals surface area contributed by atoms with Crippen LogP contribution in [0.15, 0.2) is 60.7 Å². The maximum absolute atomic E-state index is 13.8. The minimum absolute atomic E-state index is 0.0263. The Balaban J connectivity index is 1.74. The van der Waals surface area contributed by atoms with Gasteiger partial charge in [0.1, 0.15) is 17.3 Å². The van der Waals surface area contributed by atoms with Gasteiger partial charge in [0.25, 0.3) is 5.91 Å². The van der Waals surface area contributed by atoms with Crippen LogP contribution < -0.4 is 10.1 Å². The molecule has 150 valence electrons. The first kappa shape index (κ1) is 21.4. The van der Waals surface area contributed by atoms with Crippen LogP contribution >= 0.6 is 34.2 Å². The number of halogens is 6. The van der Waals surface area contributed by atoms with E-state index in [-0.39, 0.29) is 22.1 Å². The van der Waals surface area contributed by atoms with Gasteiger partial charge in [-0.15, -0.1) is 0 Å². The van der Waals surface area contributed by atoms with Gasteiger partial charge in [-0.2, -0.15) is 13.2 Å². The Bertz CT molecular complexity index is 1040. The van der Waals surface area contributed by atoms with Crippen LogP contribution in [0.25, 0.3) is 0 Å². The quantitative estimate of drug-likeness (QED) is 0.285. The van der Waals surface area contributed by atoms with Gasteiger partial charge in [0.15, 0.2) is 0 Å². The normalized spacial score (nSPS) is 11.2. The summed E-state index contributed by atoms with van der Waals surface area (Å²) < 4.78 is 58.4. The molecular formula is C20H11ClF4INO2. The summed E-state index contributed by atoms with van der Waals surface area (Å²) in [4.78, 5) is 12.2. The van der Waals surface area contributed by atoms with Crippen molar-refractivity contribution in [3.63, 3.8) is 0 Å². The molecule has 0 saturated carbocycles. The average Bonchev–Trinajstić information content (AvgIpc) is 2.62. The van der Waals surface area contributed by atoms with Gasteiger partial charge in [-0.1, -0.05) is 17.7 Å². The van der Waals surface area contributed by atoms with Crippen LogP contribution in [-0.4, -0.2) is 5.91 Å². The topological polar surface area (TPSA) is 38.3 Å². The van der Waals surface area contributed by atoms with Gasteiger partial charge in [0.05, 0.1) is 16.1 Å². The summed E-state index contributed by atoms with van der Waals surface area (Å²) in [6.45, 7) is 0. The number of anilines is 1. The summed E-state index contributed by atoms with van der Waals surface area (Å²) in [7, 11) is 0. The molecule has 3 aromatic rings. The summed E-state index contributed by atoms with van der Waals surface area (Å²) >= 11 is 7.64. The summed E-state index contributed by atoms with van der Waals surface area (Å²) in [5, 5.41) is 2.47. The zero-order valence-electron chi connectivity index (χ0n) is 14.4. The van der Waals surface area contributed by atoms with E-state index in [1.807, 2.05) is 0 Å². The van der Waals surface area contributed by atoms with E-state index < -0.39 is 23.5 Å². The number of rotatable bonds is 4. The van der Waals surface area contributed by atoms with E-state index in [4.69, 9.17) is 16.3 Å². The molecular weight excluding hydrogens is 525 g/mol. The number of benzene rings is 3. The largest absolute Gasteiger partial charge is 0.457 e. The van der Waals surface area contributed by atoms with Crippen molar-refractivity contribution in [2.24, 2.45) is 0 Å². The third kappa shape index (κ3) is 5.39. The monoisotopic (exact) mass is 535 g/mol. The Morgan fingerprint density at radius 1 is 1.00 bits per heavy atom. The lowest BCUT2D eigenvalue weighted by Gasteiger charge is -2.12. The molecule has 0 heterocycles. The molecule has 29 heavy (non-hydrogen) atoms. The Morgan fingerprint density at radius 2 is 1.69 bits per heavy atom. The van der Waals surface area contributed by atoms with E-state index in [0.29, 0.717) is 9.26 Å². The lowest BCUT2D eigenvalue weighted by molar-refractivity contribution is -0.137. The Kier molecular flexibility index (Phi) is 6.33. The molecule has 9 heteroatoms. The fourth-order valence-corrected chi connectivity index (χ4v) is 3.33. The van der Waals surface area contributed by atoms with Gasteiger partial charge in [-0.3, -0.25) is 4.79 Å². The lowest BCUT2D eigenvalue weighted by Crippen LogP contribution is -2.14. The molecule has 0 aliphatic carbocycles. The van der Waals surface area contributed by atoms with Gasteiger partial charge >= 0.3 is 6.18 Å². The van der Waals surface area contributed by atoms with E-state index in [0.717, 1.165) is 18.2 Å². The molecule has 1 amide bonds. The Morgan fingerprint density at radius 3 is 2.31 bits per heavy atom. The molecule has 0 aliphatic rings. The molecule has 0 aromatic heterocycles. The summed E-state index contributed by atoms with van der Waals surface area (Å²) in [5.41, 5.74) is -0.765. The van der Waals surface area contributed by atoms with Crippen LogP contribution in [0.2, 0.25) is 5.02 Å². The number of nitrogens with one attached hydrogen (secondary N) is 1. The molecule has 0 bridgehead atoms. The number of ether oxygens (including phenoxy) is 1. The summed E-state index contributed by atoms with van der Waals surface area (Å²) in [5.74, 6) is -1.19. The minimum atomic E-state index is -4.48. The third-order valence-electron chi connectivity index (χ3n) is 3.74. The molecule has 1 N–H and O–H groups in total. The van der Waals surface area contributed by atoms with Crippen molar-refractivity contribution < 1.29 is 27.1 Å². The minimum Gasteiger partial charge on any atom is -0.457 e. The van der Waals surface area contributed by atoms with Gasteiger partial charge in [-0.25, -0.2) is 4.39 Å². The van der Waals surface area contributed by atoms with Gasteiger partial charge in [0.2, 0.25) is 0 Å². The van der Waals surface area contributed by atoms with Crippen molar-refractivity contribution in [1.29, 1.82) is 0 Å². The van der Waals surface area contributed by atoms with Crippen LogP contribution in [0.4, 0.5) is 23.2 Å². The predicted octanol–water partition coefficient (Wildman–Crippen LogP) is 7.15. The molecule has 3 rings (SSSR count). The fraction of sp³-hybridized carbons (Fsp3) is 0.0500. The van der Waals surface area contributed by atoms with Crippen LogP contribution in [0.1, 0.15) is 15.9 Å². The molecule has 0 fully saturated rings.